The van der Waals surface area contributed by atoms with E-state index >= 15 is 0 Å². The molecule has 0 aromatic heterocycles. The summed E-state index contributed by atoms with van der Waals surface area (Å²) < 4.78 is 5.75. The third-order valence-electron chi connectivity index (χ3n) is 5.72. The molecule has 28 heavy (non-hydrogen) atoms. The highest BCUT2D eigenvalue weighted by Gasteiger charge is 2.43. The summed E-state index contributed by atoms with van der Waals surface area (Å²) in [7, 11) is 0. The predicted molar refractivity (Wildman–Crippen MR) is 115 cm³/mol. The Hall–Kier alpha value is -0.200. The second-order valence-electron chi connectivity index (χ2n) is 8.22. The molecule has 3 unspecified atom stereocenters. The van der Waals surface area contributed by atoms with E-state index in [4.69, 9.17) is 4.74 Å². The Labute approximate surface area is 173 Å². The summed E-state index contributed by atoms with van der Waals surface area (Å²) in [6, 6.07) is 0. The van der Waals surface area contributed by atoms with Gasteiger partial charge in [0.25, 0.3) is 0 Å². The minimum absolute atomic E-state index is 0.324. The number of hydrogen-bond donors (Lipinski definition) is 4. The van der Waals surface area contributed by atoms with Gasteiger partial charge in [0, 0.05) is 6.61 Å². The fourth-order valence-electron chi connectivity index (χ4n) is 3.71. The highest BCUT2D eigenvalue weighted by molar-refractivity contribution is 4.94. The smallest absolute Gasteiger partial charge is 0.121 e. The number of aliphatic hydroxyl groups is 4. The molecule has 0 aromatic rings. The fraction of sp³-hybridized carbons (Fsp3) is 1.00. The Kier molecular flexibility index (Phi) is 18.7. The maximum atomic E-state index is 11.0. The topological polar surface area (TPSA) is 90.2 Å². The van der Waals surface area contributed by atoms with Gasteiger partial charge >= 0.3 is 0 Å². The molecular weight excluding hydrogens is 356 g/mol. The summed E-state index contributed by atoms with van der Waals surface area (Å²) in [5.74, 6) is 0. The van der Waals surface area contributed by atoms with E-state index in [0.29, 0.717) is 13.0 Å². The molecule has 0 spiro atoms. The Balaban J connectivity index is 4.27. The first-order valence-electron chi connectivity index (χ1n) is 11.8. The zero-order valence-electron chi connectivity index (χ0n) is 18.6. The van der Waals surface area contributed by atoms with Crippen molar-refractivity contribution >= 4 is 0 Å². The molecule has 0 aliphatic carbocycles. The van der Waals surface area contributed by atoms with Gasteiger partial charge in [0.2, 0.25) is 0 Å². The predicted octanol–water partition coefficient (Wildman–Crippen LogP) is 4.34. The van der Waals surface area contributed by atoms with Crippen LogP contribution in [-0.2, 0) is 4.74 Å². The van der Waals surface area contributed by atoms with Crippen LogP contribution in [0, 0.1) is 0 Å². The SMILES string of the molecule is CCCCCCCCCOC(CO)C(O)(CCCCCCCCC)C(O)CO. The van der Waals surface area contributed by atoms with Gasteiger partial charge in [-0.2, -0.15) is 0 Å². The van der Waals surface area contributed by atoms with Gasteiger partial charge in [-0.1, -0.05) is 97.3 Å². The van der Waals surface area contributed by atoms with Crippen molar-refractivity contribution in [2.75, 3.05) is 19.8 Å². The number of hydrogen-bond acceptors (Lipinski definition) is 5. The van der Waals surface area contributed by atoms with Crippen LogP contribution in [0.15, 0.2) is 0 Å². The average molecular weight is 405 g/mol. The average Bonchev–Trinajstić information content (AvgIpc) is 2.71. The van der Waals surface area contributed by atoms with E-state index < -0.39 is 24.4 Å². The third kappa shape index (κ3) is 12.4. The van der Waals surface area contributed by atoms with Crippen LogP contribution in [-0.4, -0.2) is 58.1 Å². The van der Waals surface area contributed by atoms with E-state index in [1.807, 2.05) is 0 Å². The zero-order valence-corrected chi connectivity index (χ0v) is 18.6. The van der Waals surface area contributed by atoms with Gasteiger partial charge in [-0.3, -0.25) is 0 Å². The van der Waals surface area contributed by atoms with Gasteiger partial charge in [0.1, 0.15) is 17.8 Å². The molecule has 0 amide bonds. The molecule has 3 atom stereocenters. The van der Waals surface area contributed by atoms with Gasteiger partial charge in [-0.25, -0.2) is 0 Å². The normalized spacial score (nSPS) is 16.1. The second kappa shape index (κ2) is 18.8. The summed E-state index contributed by atoms with van der Waals surface area (Å²) in [6.07, 6.45) is 14.0. The first kappa shape index (κ1) is 27.8. The van der Waals surface area contributed by atoms with Crippen LogP contribution < -0.4 is 0 Å². The molecule has 0 fully saturated rings. The Morgan fingerprint density at radius 1 is 0.679 bits per heavy atom. The van der Waals surface area contributed by atoms with Gasteiger partial charge in [0.15, 0.2) is 0 Å². The minimum Gasteiger partial charge on any atom is -0.394 e. The summed E-state index contributed by atoms with van der Waals surface area (Å²) in [4.78, 5) is 0. The molecular formula is C23H48O5. The standard InChI is InChI=1S/C23H48O5/c1-3-5-7-9-11-13-15-17-23(27,21(26)19-24)22(20-25)28-18-16-14-12-10-8-6-4-2/h21-22,24-27H,3-20H2,1-2H3. The molecule has 0 bridgehead atoms. The van der Waals surface area contributed by atoms with Crippen molar-refractivity contribution in [2.24, 2.45) is 0 Å². The summed E-state index contributed by atoms with van der Waals surface area (Å²) in [5.41, 5.74) is -1.60. The van der Waals surface area contributed by atoms with Crippen LogP contribution in [0.1, 0.15) is 110 Å². The number of aliphatic hydroxyl groups excluding tert-OH is 3. The van der Waals surface area contributed by atoms with Gasteiger partial charge in [-0.05, 0) is 12.8 Å². The quantitative estimate of drug-likeness (QED) is 0.214. The van der Waals surface area contributed by atoms with Crippen LogP contribution in [0.5, 0.6) is 0 Å². The van der Waals surface area contributed by atoms with Gasteiger partial charge in [-0.15, -0.1) is 0 Å². The van der Waals surface area contributed by atoms with Crippen LogP contribution >= 0.6 is 0 Å². The Morgan fingerprint density at radius 2 is 1.14 bits per heavy atom. The molecule has 0 aliphatic rings. The zero-order chi connectivity index (χ0) is 21.1. The largest absolute Gasteiger partial charge is 0.394 e. The number of ether oxygens (including phenoxy) is 1. The molecule has 0 aliphatic heterocycles. The number of rotatable bonds is 21. The van der Waals surface area contributed by atoms with E-state index in [9.17, 15) is 20.4 Å². The molecule has 0 saturated carbocycles. The van der Waals surface area contributed by atoms with Crippen molar-refractivity contribution in [3.8, 4) is 0 Å². The van der Waals surface area contributed by atoms with Crippen LogP contribution in [0.4, 0.5) is 0 Å². The monoisotopic (exact) mass is 404 g/mol. The molecule has 5 nitrogen and oxygen atoms in total. The highest BCUT2D eigenvalue weighted by Crippen LogP contribution is 2.27. The van der Waals surface area contributed by atoms with Crippen molar-refractivity contribution in [1.29, 1.82) is 0 Å². The molecule has 0 radical (unpaired) electrons. The van der Waals surface area contributed by atoms with E-state index in [2.05, 4.69) is 13.8 Å². The lowest BCUT2D eigenvalue weighted by Crippen LogP contribution is -2.56. The summed E-state index contributed by atoms with van der Waals surface area (Å²) in [6.45, 7) is 3.95. The molecule has 0 saturated heterocycles. The molecule has 0 rings (SSSR count). The highest BCUT2D eigenvalue weighted by atomic mass is 16.5. The Bertz CT molecular complexity index is 326. The van der Waals surface area contributed by atoms with Crippen molar-refractivity contribution in [3.63, 3.8) is 0 Å². The molecule has 0 heterocycles. The van der Waals surface area contributed by atoms with Crippen LogP contribution in [0.25, 0.3) is 0 Å². The lowest BCUT2D eigenvalue weighted by molar-refractivity contribution is -0.189. The van der Waals surface area contributed by atoms with Crippen molar-refractivity contribution in [3.05, 3.63) is 0 Å². The van der Waals surface area contributed by atoms with Gasteiger partial charge in [0.05, 0.1) is 13.2 Å². The lowest BCUT2D eigenvalue weighted by Gasteiger charge is -2.38. The van der Waals surface area contributed by atoms with E-state index in [0.717, 1.165) is 32.1 Å². The first-order valence-corrected chi connectivity index (χ1v) is 11.8. The van der Waals surface area contributed by atoms with Crippen LogP contribution in [0.2, 0.25) is 0 Å². The third-order valence-corrected chi connectivity index (χ3v) is 5.72. The molecule has 0 aromatic carbocycles. The molecule has 4 N–H and O–H groups in total. The van der Waals surface area contributed by atoms with Crippen molar-refractivity contribution in [2.45, 2.75) is 128 Å². The number of unbranched alkanes of at least 4 members (excludes halogenated alkanes) is 12. The fourth-order valence-corrected chi connectivity index (χ4v) is 3.71. The van der Waals surface area contributed by atoms with E-state index in [-0.39, 0.29) is 6.61 Å². The lowest BCUT2D eigenvalue weighted by atomic mass is 9.85. The van der Waals surface area contributed by atoms with E-state index in [1.54, 1.807) is 0 Å². The molecule has 5 heteroatoms. The molecule has 170 valence electrons. The van der Waals surface area contributed by atoms with Gasteiger partial charge < -0.3 is 25.2 Å². The van der Waals surface area contributed by atoms with Crippen molar-refractivity contribution < 1.29 is 25.2 Å². The maximum Gasteiger partial charge on any atom is 0.121 e. The summed E-state index contributed by atoms with van der Waals surface area (Å²) in [5, 5.41) is 40.3. The minimum atomic E-state index is -1.60. The Morgan fingerprint density at radius 3 is 1.61 bits per heavy atom. The van der Waals surface area contributed by atoms with E-state index in [1.165, 1.54) is 57.8 Å². The first-order chi connectivity index (χ1) is 13.6. The summed E-state index contributed by atoms with van der Waals surface area (Å²) >= 11 is 0. The van der Waals surface area contributed by atoms with Crippen molar-refractivity contribution in [1.82, 2.24) is 0 Å². The second-order valence-corrected chi connectivity index (χ2v) is 8.22. The maximum absolute atomic E-state index is 11.0. The van der Waals surface area contributed by atoms with Crippen LogP contribution in [0.3, 0.4) is 0 Å².